The van der Waals surface area contributed by atoms with E-state index in [1.54, 1.807) is 0 Å². The van der Waals surface area contributed by atoms with Gasteiger partial charge in [0.2, 0.25) is 0 Å². The molecule has 0 amide bonds. The maximum Gasteiger partial charge on any atom is 0.0471 e. The van der Waals surface area contributed by atoms with Crippen LogP contribution in [-0.4, -0.2) is 55.9 Å². The second-order valence-electron chi connectivity index (χ2n) is 6.03. The summed E-state index contributed by atoms with van der Waals surface area (Å²) in [6.07, 6.45) is 1.79. The Balaban J connectivity index is 2.09. The highest BCUT2D eigenvalue weighted by Crippen LogP contribution is 2.28. The standard InChI is InChI=1S/C17H28ClN3O/c1-3-14(7-12-22)19-13-15-16(18)5-4-6-17(15)21-10-8-20(2)9-11-21/h4-6,14,19,22H,3,7-13H2,1-2H3. The van der Waals surface area contributed by atoms with Crippen molar-refractivity contribution in [1.29, 1.82) is 0 Å². The van der Waals surface area contributed by atoms with Crippen LogP contribution in [0, 0.1) is 0 Å². The van der Waals surface area contributed by atoms with Gasteiger partial charge >= 0.3 is 0 Å². The molecule has 1 heterocycles. The predicted octanol–water partition coefficient (Wildman–Crippen LogP) is 2.34. The molecule has 0 bridgehead atoms. The Labute approximate surface area is 139 Å². The van der Waals surface area contributed by atoms with Gasteiger partial charge in [0, 0.05) is 61.6 Å². The fourth-order valence-corrected chi connectivity index (χ4v) is 3.16. The average Bonchev–Trinajstić information content (AvgIpc) is 2.53. The third kappa shape index (κ3) is 4.59. The Morgan fingerprint density at radius 1 is 1.27 bits per heavy atom. The van der Waals surface area contributed by atoms with Gasteiger partial charge in [-0.3, -0.25) is 0 Å². The lowest BCUT2D eigenvalue weighted by Crippen LogP contribution is -2.45. The summed E-state index contributed by atoms with van der Waals surface area (Å²) in [7, 11) is 2.17. The molecule has 5 heteroatoms. The quantitative estimate of drug-likeness (QED) is 0.807. The van der Waals surface area contributed by atoms with Crippen molar-refractivity contribution in [3.05, 3.63) is 28.8 Å². The first-order valence-corrected chi connectivity index (χ1v) is 8.58. The molecule has 1 aromatic rings. The van der Waals surface area contributed by atoms with Crippen LogP contribution in [0.5, 0.6) is 0 Å². The van der Waals surface area contributed by atoms with E-state index in [4.69, 9.17) is 16.7 Å². The molecule has 0 aliphatic carbocycles. The van der Waals surface area contributed by atoms with E-state index >= 15 is 0 Å². The molecule has 0 spiro atoms. The lowest BCUT2D eigenvalue weighted by Gasteiger charge is -2.35. The Morgan fingerprint density at radius 3 is 2.64 bits per heavy atom. The highest BCUT2D eigenvalue weighted by molar-refractivity contribution is 6.31. The zero-order valence-corrected chi connectivity index (χ0v) is 14.4. The summed E-state index contributed by atoms with van der Waals surface area (Å²) in [5, 5.41) is 13.5. The number of aliphatic hydroxyl groups is 1. The molecule has 1 fully saturated rings. The molecule has 1 unspecified atom stereocenters. The van der Waals surface area contributed by atoms with E-state index in [1.807, 2.05) is 12.1 Å². The van der Waals surface area contributed by atoms with Gasteiger partial charge < -0.3 is 20.2 Å². The topological polar surface area (TPSA) is 38.7 Å². The van der Waals surface area contributed by atoms with Gasteiger partial charge in [-0.15, -0.1) is 0 Å². The van der Waals surface area contributed by atoms with Crippen LogP contribution in [0.1, 0.15) is 25.3 Å². The maximum atomic E-state index is 9.12. The Kier molecular flexibility index (Phi) is 6.96. The van der Waals surface area contributed by atoms with E-state index in [0.29, 0.717) is 6.04 Å². The number of nitrogens with zero attached hydrogens (tertiary/aromatic N) is 2. The first-order chi connectivity index (χ1) is 10.7. The van der Waals surface area contributed by atoms with E-state index in [-0.39, 0.29) is 6.61 Å². The summed E-state index contributed by atoms with van der Waals surface area (Å²) in [5.41, 5.74) is 2.41. The van der Waals surface area contributed by atoms with Crippen molar-refractivity contribution < 1.29 is 5.11 Å². The van der Waals surface area contributed by atoms with Crippen LogP contribution < -0.4 is 10.2 Å². The normalized spacial score (nSPS) is 17.7. The van der Waals surface area contributed by atoms with Crippen molar-refractivity contribution in [2.45, 2.75) is 32.4 Å². The molecule has 1 aliphatic heterocycles. The number of aliphatic hydroxyl groups excluding tert-OH is 1. The largest absolute Gasteiger partial charge is 0.396 e. The summed E-state index contributed by atoms with van der Waals surface area (Å²) in [6, 6.07) is 6.50. The number of hydrogen-bond donors (Lipinski definition) is 2. The highest BCUT2D eigenvalue weighted by atomic mass is 35.5. The molecule has 1 aromatic carbocycles. The number of halogens is 1. The second-order valence-corrected chi connectivity index (χ2v) is 6.43. The summed E-state index contributed by atoms with van der Waals surface area (Å²) >= 11 is 6.45. The lowest BCUT2D eigenvalue weighted by atomic mass is 10.1. The van der Waals surface area contributed by atoms with E-state index < -0.39 is 0 Å². The third-order valence-electron chi connectivity index (χ3n) is 4.48. The van der Waals surface area contributed by atoms with Crippen LogP contribution >= 0.6 is 11.6 Å². The van der Waals surface area contributed by atoms with Crippen LogP contribution in [0.4, 0.5) is 5.69 Å². The van der Waals surface area contributed by atoms with Gasteiger partial charge in [-0.1, -0.05) is 24.6 Å². The zero-order chi connectivity index (χ0) is 15.9. The summed E-state index contributed by atoms with van der Waals surface area (Å²) in [4.78, 5) is 4.78. The zero-order valence-electron chi connectivity index (χ0n) is 13.7. The first-order valence-electron chi connectivity index (χ1n) is 8.20. The molecule has 22 heavy (non-hydrogen) atoms. The van der Waals surface area contributed by atoms with Gasteiger partial charge in [0.25, 0.3) is 0 Å². The fourth-order valence-electron chi connectivity index (χ4n) is 2.92. The molecule has 0 aromatic heterocycles. The number of benzene rings is 1. The summed E-state index contributed by atoms with van der Waals surface area (Å²) in [5.74, 6) is 0. The van der Waals surface area contributed by atoms with Gasteiger partial charge in [-0.25, -0.2) is 0 Å². The summed E-state index contributed by atoms with van der Waals surface area (Å²) in [6.45, 7) is 7.36. The maximum absolute atomic E-state index is 9.12. The molecule has 1 atom stereocenters. The minimum Gasteiger partial charge on any atom is -0.396 e. The molecular weight excluding hydrogens is 298 g/mol. The van der Waals surface area contributed by atoms with Crippen LogP contribution in [-0.2, 0) is 6.54 Å². The fraction of sp³-hybridized carbons (Fsp3) is 0.647. The smallest absolute Gasteiger partial charge is 0.0471 e. The number of nitrogens with one attached hydrogen (secondary N) is 1. The molecule has 1 aliphatic rings. The minimum atomic E-state index is 0.222. The number of likely N-dealkylation sites (N-methyl/N-ethyl adjacent to an activating group) is 1. The monoisotopic (exact) mass is 325 g/mol. The van der Waals surface area contributed by atoms with Gasteiger partial charge in [-0.2, -0.15) is 0 Å². The van der Waals surface area contributed by atoms with Crippen LogP contribution in [0.3, 0.4) is 0 Å². The van der Waals surface area contributed by atoms with E-state index in [0.717, 1.165) is 50.6 Å². The molecule has 124 valence electrons. The van der Waals surface area contributed by atoms with E-state index in [9.17, 15) is 0 Å². The molecular formula is C17H28ClN3O. The van der Waals surface area contributed by atoms with Gasteiger partial charge in [0.05, 0.1) is 0 Å². The lowest BCUT2D eigenvalue weighted by molar-refractivity contribution is 0.262. The SMILES string of the molecule is CCC(CCO)NCc1c(Cl)cccc1N1CCN(C)CC1. The van der Waals surface area contributed by atoms with Gasteiger partial charge in [-0.05, 0) is 32.0 Å². The molecule has 0 saturated carbocycles. The third-order valence-corrected chi connectivity index (χ3v) is 4.83. The molecule has 0 radical (unpaired) electrons. The summed E-state index contributed by atoms with van der Waals surface area (Å²) < 4.78 is 0. The van der Waals surface area contributed by atoms with E-state index in [1.165, 1.54) is 11.3 Å². The van der Waals surface area contributed by atoms with Crippen molar-refractivity contribution in [1.82, 2.24) is 10.2 Å². The number of piperazine rings is 1. The Hall–Kier alpha value is -0.810. The molecule has 2 rings (SSSR count). The average molecular weight is 326 g/mol. The van der Waals surface area contributed by atoms with Crippen molar-refractivity contribution in [3.8, 4) is 0 Å². The minimum absolute atomic E-state index is 0.222. The Morgan fingerprint density at radius 2 is 2.00 bits per heavy atom. The van der Waals surface area contributed by atoms with Crippen LogP contribution in [0.2, 0.25) is 5.02 Å². The van der Waals surface area contributed by atoms with Crippen LogP contribution in [0.25, 0.3) is 0 Å². The van der Waals surface area contributed by atoms with Gasteiger partial charge in [0.1, 0.15) is 0 Å². The molecule has 4 nitrogen and oxygen atoms in total. The molecule has 2 N–H and O–H groups in total. The van der Waals surface area contributed by atoms with Crippen molar-refractivity contribution in [2.75, 3.05) is 44.7 Å². The number of anilines is 1. The second kappa shape index (κ2) is 8.73. The van der Waals surface area contributed by atoms with Crippen molar-refractivity contribution in [3.63, 3.8) is 0 Å². The highest BCUT2D eigenvalue weighted by Gasteiger charge is 2.18. The predicted molar refractivity (Wildman–Crippen MR) is 93.8 cm³/mol. The molecule has 1 saturated heterocycles. The number of rotatable bonds is 7. The first kappa shape index (κ1) is 17.5. The van der Waals surface area contributed by atoms with E-state index in [2.05, 4.69) is 35.2 Å². The van der Waals surface area contributed by atoms with Crippen molar-refractivity contribution >= 4 is 17.3 Å². The van der Waals surface area contributed by atoms with Crippen molar-refractivity contribution in [2.24, 2.45) is 0 Å². The Bertz CT molecular complexity index is 461. The number of hydrogen-bond acceptors (Lipinski definition) is 4. The van der Waals surface area contributed by atoms with Gasteiger partial charge in [0.15, 0.2) is 0 Å². The van der Waals surface area contributed by atoms with Crippen LogP contribution in [0.15, 0.2) is 18.2 Å².